The number of nitrogens with two attached hydrogens (primary N) is 3. The third-order valence-corrected chi connectivity index (χ3v) is 10.7. The topological polar surface area (TPSA) is 276 Å². The fraction of sp³-hybridized carbons (Fsp3) is 0.463. The van der Waals surface area contributed by atoms with Crippen molar-refractivity contribution < 1.29 is 24.0 Å². The van der Waals surface area contributed by atoms with Crippen LogP contribution in [0.2, 0.25) is 0 Å². The van der Waals surface area contributed by atoms with Gasteiger partial charge in [0.2, 0.25) is 29.4 Å². The molecule has 312 valence electrons. The number of hydrogen-bond donors (Lipinski definition) is 9. The Hall–Kier alpha value is -5.84. The Morgan fingerprint density at radius 1 is 0.776 bits per heavy atom. The van der Waals surface area contributed by atoms with Crippen LogP contribution in [0.3, 0.4) is 0 Å². The molecule has 12 N–H and O–H groups in total. The van der Waals surface area contributed by atoms with Crippen molar-refractivity contribution in [2.45, 2.75) is 109 Å². The lowest BCUT2D eigenvalue weighted by Crippen LogP contribution is -2.58. The molecule has 0 aliphatic heterocycles. The number of amidine groups is 1. The van der Waals surface area contributed by atoms with E-state index in [1.54, 1.807) is 6.20 Å². The maximum atomic E-state index is 14.2. The second-order valence-electron chi connectivity index (χ2n) is 14.9. The van der Waals surface area contributed by atoms with E-state index in [9.17, 15) is 24.0 Å². The predicted octanol–water partition coefficient (Wildman–Crippen LogP) is 3.54. The summed E-state index contributed by atoms with van der Waals surface area (Å²) in [7, 11) is 0. The smallest absolute Gasteiger partial charge is 0.243 e. The van der Waals surface area contributed by atoms with Gasteiger partial charge in [-0.15, -0.1) is 11.3 Å². The van der Waals surface area contributed by atoms with Gasteiger partial charge in [-0.3, -0.25) is 34.4 Å². The van der Waals surface area contributed by atoms with Crippen molar-refractivity contribution >= 4 is 73.7 Å². The molecule has 0 aliphatic rings. The molecule has 0 unspecified atom stereocenters. The number of ketones is 1. The number of nitrogens with one attached hydrogen (secondary N) is 6. The van der Waals surface area contributed by atoms with Gasteiger partial charge < -0.3 is 43.5 Å². The highest BCUT2D eigenvalue weighted by atomic mass is 32.1. The molecule has 58 heavy (non-hydrogen) atoms. The van der Waals surface area contributed by atoms with Crippen molar-refractivity contribution in [1.82, 2.24) is 31.2 Å². The molecule has 4 atom stereocenters. The number of carbonyl (C=O) groups is 5. The highest BCUT2D eigenvalue weighted by Crippen LogP contribution is 2.24. The molecule has 0 bridgehead atoms. The summed E-state index contributed by atoms with van der Waals surface area (Å²) >= 11 is 1.23. The van der Waals surface area contributed by atoms with E-state index in [-0.39, 0.29) is 60.7 Å². The third-order valence-electron chi connectivity index (χ3n) is 9.61. The first-order valence-electron chi connectivity index (χ1n) is 19.7. The summed E-state index contributed by atoms with van der Waals surface area (Å²) in [5.74, 6) is -2.32. The Labute approximate surface area is 342 Å². The van der Waals surface area contributed by atoms with Gasteiger partial charge in [-0.05, 0) is 68.2 Å². The maximum absolute atomic E-state index is 14.2. The van der Waals surface area contributed by atoms with Crippen LogP contribution in [-0.4, -0.2) is 81.9 Å². The van der Waals surface area contributed by atoms with E-state index in [1.807, 2.05) is 62.4 Å². The standard InChI is InChI=1S/C41H57N11O5S/c1-24(2)19-20-32(38(56)49-30(16-11-21-46-41(44)45)36(54)40-52-29-14-9-10-17-34(29)58-40)51-37(55)31(15-5-4-6-18-35(42)43)50-39(57)33(48-25(3)53)22-26-23-47-28-13-8-7-12-27(26)28/h7-10,12-14,17,23-24,30-33,47H,4-6,11,15-16,18-22H2,1-3H3,(H3,42,43)(H,48,53)(H,49,56)(H,50,57)(H,51,55)(H4,44,45,46)/t30-,31-,32-,33+/m0/s1. The lowest BCUT2D eigenvalue weighted by atomic mass is 9.99. The zero-order chi connectivity index (χ0) is 42.2. The number of H-pyrrole nitrogens is 1. The molecule has 0 spiro atoms. The van der Waals surface area contributed by atoms with Crippen LogP contribution in [0.5, 0.6) is 0 Å². The number of fused-ring (bicyclic) bond motifs is 2. The number of aliphatic imine (C=N–C) groups is 1. The van der Waals surface area contributed by atoms with Crippen LogP contribution in [0.1, 0.15) is 93.9 Å². The molecule has 0 saturated carbocycles. The molecule has 4 rings (SSSR count). The molecular weight excluding hydrogens is 759 g/mol. The first-order valence-corrected chi connectivity index (χ1v) is 20.5. The van der Waals surface area contributed by atoms with Gasteiger partial charge in [0.05, 0.1) is 22.1 Å². The van der Waals surface area contributed by atoms with Crippen LogP contribution in [-0.2, 0) is 25.6 Å². The molecule has 0 aliphatic carbocycles. The van der Waals surface area contributed by atoms with Gasteiger partial charge in [-0.2, -0.15) is 0 Å². The van der Waals surface area contributed by atoms with Crippen molar-refractivity contribution in [3.05, 3.63) is 65.3 Å². The first kappa shape index (κ1) is 44.9. The fourth-order valence-electron chi connectivity index (χ4n) is 6.57. The van der Waals surface area contributed by atoms with Crippen LogP contribution in [0.25, 0.3) is 21.1 Å². The summed E-state index contributed by atoms with van der Waals surface area (Å²) in [6.45, 7) is 5.56. The summed E-state index contributed by atoms with van der Waals surface area (Å²) in [5.41, 5.74) is 18.9. The average Bonchev–Trinajstić information content (AvgIpc) is 3.80. The van der Waals surface area contributed by atoms with E-state index < -0.39 is 47.8 Å². The van der Waals surface area contributed by atoms with Crippen molar-refractivity contribution in [2.75, 3.05) is 6.54 Å². The van der Waals surface area contributed by atoms with Crippen LogP contribution < -0.4 is 38.5 Å². The zero-order valence-electron chi connectivity index (χ0n) is 33.4. The van der Waals surface area contributed by atoms with Crippen molar-refractivity contribution in [3.8, 4) is 0 Å². The average molecular weight is 816 g/mol. The molecule has 17 heteroatoms. The lowest BCUT2D eigenvalue weighted by molar-refractivity contribution is -0.133. The van der Waals surface area contributed by atoms with E-state index in [1.165, 1.54) is 18.3 Å². The number of unbranched alkanes of at least 4 members (excludes halogenated alkanes) is 2. The van der Waals surface area contributed by atoms with Gasteiger partial charge in [-0.1, -0.05) is 57.0 Å². The molecular formula is C41H57N11O5S. The zero-order valence-corrected chi connectivity index (χ0v) is 34.3. The number of hydrogen-bond acceptors (Lipinski definition) is 9. The van der Waals surface area contributed by atoms with Gasteiger partial charge in [0.1, 0.15) is 18.1 Å². The Balaban J connectivity index is 1.56. The van der Waals surface area contributed by atoms with Gasteiger partial charge in [-0.25, -0.2) is 4.98 Å². The van der Waals surface area contributed by atoms with Crippen molar-refractivity contribution in [1.29, 1.82) is 5.41 Å². The number of rotatable bonds is 24. The fourth-order valence-corrected chi connectivity index (χ4v) is 7.53. The highest BCUT2D eigenvalue weighted by molar-refractivity contribution is 7.20. The molecule has 16 nitrogen and oxygen atoms in total. The molecule has 4 amide bonds. The molecule has 0 fully saturated rings. The molecule has 2 aromatic carbocycles. The number of benzene rings is 2. The largest absolute Gasteiger partial charge is 0.388 e. The van der Waals surface area contributed by atoms with Crippen LogP contribution in [0.15, 0.2) is 59.7 Å². The predicted molar refractivity (Wildman–Crippen MR) is 228 cm³/mol. The Morgan fingerprint density at radius 3 is 2.09 bits per heavy atom. The lowest BCUT2D eigenvalue weighted by Gasteiger charge is -2.27. The monoisotopic (exact) mass is 815 g/mol. The molecule has 2 heterocycles. The number of aromatic nitrogens is 2. The van der Waals surface area contributed by atoms with Crippen molar-refractivity contribution in [2.24, 2.45) is 28.1 Å². The SMILES string of the molecule is CC(=O)N[C@H](Cc1c[nH]c2ccccc12)C(=O)N[C@@H](CCCCCC(=N)N)C(=O)N[C@@H](CCC(C)C)C(=O)N[C@@H](CCCN=C(N)N)C(=O)c1nc2ccccc2s1. The summed E-state index contributed by atoms with van der Waals surface area (Å²) < 4.78 is 0.829. The maximum Gasteiger partial charge on any atom is 0.243 e. The van der Waals surface area contributed by atoms with Gasteiger partial charge in [0.15, 0.2) is 11.0 Å². The summed E-state index contributed by atoms with van der Waals surface area (Å²) in [6, 6.07) is 10.9. The number of nitrogens with zero attached hydrogens (tertiary/aromatic N) is 2. The third kappa shape index (κ3) is 14.0. The molecule has 0 radical (unpaired) electrons. The normalized spacial score (nSPS) is 13.3. The Morgan fingerprint density at radius 2 is 1.41 bits per heavy atom. The van der Waals surface area contributed by atoms with Crippen LogP contribution in [0.4, 0.5) is 0 Å². The van der Waals surface area contributed by atoms with E-state index in [0.717, 1.165) is 21.2 Å². The van der Waals surface area contributed by atoms with Crippen LogP contribution >= 0.6 is 11.3 Å². The summed E-state index contributed by atoms with van der Waals surface area (Å²) in [6.07, 6.45) is 5.78. The minimum Gasteiger partial charge on any atom is -0.388 e. The number of aromatic amines is 1. The highest BCUT2D eigenvalue weighted by Gasteiger charge is 2.32. The number of amides is 4. The quantitative estimate of drug-likeness (QED) is 0.0216. The van der Waals surface area contributed by atoms with E-state index in [0.29, 0.717) is 44.0 Å². The van der Waals surface area contributed by atoms with Crippen LogP contribution in [0, 0.1) is 11.3 Å². The molecule has 0 saturated heterocycles. The second kappa shape index (κ2) is 22.2. The summed E-state index contributed by atoms with van der Waals surface area (Å²) in [5, 5.41) is 20.1. The minimum absolute atomic E-state index is 0.0631. The number of guanidine groups is 1. The number of para-hydroxylation sites is 2. The van der Waals surface area contributed by atoms with Gasteiger partial charge in [0, 0.05) is 43.4 Å². The Kier molecular flexibility index (Phi) is 17.2. The van der Waals surface area contributed by atoms with Crippen molar-refractivity contribution in [3.63, 3.8) is 0 Å². The molecule has 2 aromatic heterocycles. The van der Waals surface area contributed by atoms with Gasteiger partial charge in [0.25, 0.3) is 0 Å². The summed E-state index contributed by atoms with van der Waals surface area (Å²) in [4.78, 5) is 80.2. The van der Waals surface area contributed by atoms with E-state index in [4.69, 9.17) is 22.6 Å². The Bertz CT molecular complexity index is 2040. The number of carbonyl (C=O) groups excluding carboxylic acids is 5. The molecule has 4 aromatic rings. The second-order valence-corrected chi connectivity index (χ2v) is 15.9. The first-order chi connectivity index (χ1) is 27.7. The van der Waals surface area contributed by atoms with Gasteiger partial charge >= 0.3 is 0 Å². The number of thiazole rings is 1. The number of Topliss-reactive ketones (excluding diaryl/α,β-unsaturated/α-hetero) is 1. The van der Waals surface area contributed by atoms with E-state index >= 15 is 0 Å². The minimum atomic E-state index is -1.07. The van der Waals surface area contributed by atoms with E-state index in [2.05, 4.69) is 36.2 Å².